The number of benzene rings is 3. The van der Waals surface area contributed by atoms with Crippen LogP contribution in [-0.2, 0) is 14.3 Å². The molecule has 1 N–H and O–H groups in total. The van der Waals surface area contributed by atoms with Crippen molar-refractivity contribution in [1.29, 1.82) is 0 Å². The molecular weight excluding hydrogens is 537 g/mol. The molecule has 1 amide bonds. The van der Waals surface area contributed by atoms with Crippen LogP contribution < -0.4 is 10.1 Å². The first kappa shape index (κ1) is 27.3. The lowest BCUT2D eigenvalue weighted by molar-refractivity contribution is -0.139. The number of amides is 1. The van der Waals surface area contributed by atoms with Crippen molar-refractivity contribution in [3.63, 3.8) is 0 Å². The predicted octanol–water partition coefficient (Wildman–Crippen LogP) is 7.27. The van der Waals surface area contributed by atoms with E-state index in [4.69, 9.17) is 49.0 Å². The highest BCUT2D eigenvalue weighted by Crippen LogP contribution is 2.44. The summed E-state index contributed by atoms with van der Waals surface area (Å²) in [4.78, 5) is 25.8. The minimum absolute atomic E-state index is 0.0103. The minimum atomic E-state index is -1.17. The van der Waals surface area contributed by atoms with E-state index in [0.717, 1.165) is 22.3 Å². The molecular formula is C28H26Cl3NO5. The molecule has 194 valence electrons. The predicted molar refractivity (Wildman–Crippen MR) is 145 cm³/mol. The number of fused-ring (bicyclic) bond motifs is 3. The number of halogens is 3. The van der Waals surface area contributed by atoms with Gasteiger partial charge >= 0.3 is 12.1 Å². The van der Waals surface area contributed by atoms with Crippen LogP contribution >= 0.6 is 34.8 Å². The summed E-state index contributed by atoms with van der Waals surface area (Å²) >= 11 is 18.1. The van der Waals surface area contributed by atoms with Gasteiger partial charge in [0, 0.05) is 12.0 Å². The summed E-state index contributed by atoms with van der Waals surface area (Å²) in [6.45, 7) is 5.45. The normalized spacial score (nSPS) is 13.5. The summed E-state index contributed by atoms with van der Waals surface area (Å²) < 4.78 is 16.7. The molecule has 0 fully saturated rings. The molecule has 1 aliphatic rings. The lowest BCUT2D eigenvalue weighted by Gasteiger charge is -2.24. The Morgan fingerprint density at radius 3 is 2.05 bits per heavy atom. The molecule has 0 radical (unpaired) electrons. The summed E-state index contributed by atoms with van der Waals surface area (Å²) in [5.74, 6) is -0.904. The molecule has 4 rings (SSSR count). The first-order valence-corrected chi connectivity index (χ1v) is 12.8. The van der Waals surface area contributed by atoms with E-state index in [1.54, 1.807) is 0 Å². The molecule has 0 unspecified atom stereocenters. The van der Waals surface area contributed by atoms with Crippen LogP contribution in [0.3, 0.4) is 0 Å². The van der Waals surface area contributed by atoms with Crippen LogP contribution in [0, 0.1) is 0 Å². The fraction of sp³-hybridized carbons (Fsp3) is 0.286. The van der Waals surface area contributed by atoms with Gasteiger partial charge in [0.15, 0.2) is 11.8 Å². The van der Waals surface area contributed by atoms with Crippen LogP contribution in [0.5, 0.6) is 5.75 Å². The summed E-state index contributed by atoms with van der Waals surface area (Å²) in [6.07, 6.45) is -0.776. The van der Waals surface area contributed by atoms with Gasteiger partial charge in [-0.05, 0) is 49.1 Å². The molecule has 9 heteroatoms. The highest BCUT2D eigenvalue weighted by Gasteiger charge is 2.31. The number of hydrogen-bond acceptors (Lipinski definition) is 5. The lowest BCUT2D eigenvalue weighted by Crippen LogP contribution is -2.47. The molecule has 1 aliphatic carbocycles. The van der Waals surface area contributed by atoms with E-state index in [1.807, 2.05) is 57.2 Å². The number of esters is 1. The first-order valence-electron chi connectivity index (χ1n) is 11.6. The van der Waals surface area contributed by atoms with Gasteiger partial charge in [-0.25, -0.2) is 9.59 Å². The van der Waals surface area contributed by atoms with E-state index >= 15 is 0 Å². The molecule has 0 saturated carbocycles. The van der Waals surface area contributed by atoms with Crippen LogP contribution in [0.1, 0.15) is 37.8 Å². The standard InChI is InChI=1S/C28H26Cl3NO5/c1-28(2,3)36-15-24(26(33)37-25-13-22(30)21(29)12-23(25)31)32-27(34)35-14-20-18-10-6-4-8-16(18)17-9-5-7-11-19(17)20/h4-13,20,24H,14-15H2,1-3H3,(H,32,34)/t24-/m1/s1. The van der Waals surface area contributed by atoms with E-state index in [2.05, 4.69) is 17.4 Å². The van der Waals surface area contributed by atoms with Crippen LogP contribution in [-0.4, -0.2) is 36.9 Å². The second-order valence-corrected chi connectivity index (χ2v) is 10.8. The zero-order valence-corrected chi connectivity index (χ0v) is 22.8. The molecule has 0 saturated heterocycles. The zero-order chi connectivity index (χ0) is 26.7. The second kappa shape index (κ2) is 11.3. The third-order valence-electron chi connectivity index (χ3n) is 5.79. The van der Waals surface area contributed by atoms with Crippen molar-refractivity contribution in [2.24, 2.45) is 0 Å². The Kier molecular flexibility index (Phi) is 8.34. The number of ether oxygens (including phenoxy) is 3. The largest absolute Gasteiger partial charge is 0.449 e. The molecule has 3 aromatic carbocycles. The molecule has 37 heavy (non-hydrogen) atoms. The Labute approximate surface area is 230 Å². The van der Waals surface area contributed by atoms with Gasteiger partial charge in [-0.3, -0.25) is 0 Å². The van der Waals surface area contributed by atoms with E-state index in [0.29, 0.717) is 0 Å². The quantitative estimate of drug-likeness (QED) is 0.186. The van der Waals surface area contributed by atoms with Crippen molar-refractivity contribution in [1.82, 2.24) is 5.32 Å². The molecule has 0 heterocycles. The fourth-order valence-corrected chi connectivity index (χ4v) is 4.62. The SMILES string of the molecule is CC(C)(C)OC[C@@H](NC(=O)OCC1c2ccccc2-c2ccccc21)C(=O)Oc1cc(Cl)c(Cl)cc1Cl. The summed E-state index contributed by atoms with van der Waals surface area (Å²) in [7, 11) is 0. The van der Waals surface area contributed by atoms with Gasteiger partial charge in [0.05, 0.1) is 27.3 Å². The lowest BCUT2D eigenvalue weighted by atomic mass is 9.98. The Bertz CT molecular complexity index is 1280. The highest BCUT2D eigenvalue weighted by atomic mass is 35.5. The minimum Gasteiger partial charge on any atom is -0.449 e. The molecule has 6 nitrogen and oxygen atoms in total. The van der Waals surface area contributed by atoms with Crippen molar-refractivity contribution in [2.45, 2.75) is 38.3 Å². The molecule has 0 spiro atoms. The van der Waals surface area contributed by atoms with Gasteiger partial charge in [0.2, 0.25) is 0 Å². The highest BCUT2D eigenvalue weighted by molar-refractivity contribution is 6.43. The van der Waals surface area contributed by atoms with Crippen molar-refractivity contribution in [2.75, 3.05) is 13.2 Å². The Morgan fingerprint density at radius 2 is 1.46 bits per heavy atom. The topological polar surface area (TPSA) is 73.9 Å². The van der Waals surface area contributed by atoms with Crippen LogP contribution in [0.25, 0.3) is 11.1 Å². The van der Waals surface area contributed by atoms with E-state index in [9.17, 15) is 9.59 Å². The van der Waals surface area contributed by atoms with Crippen LogP contribution in [0.4, 0.5) is 4.79 Å². The molecule has 0 aliphatic heterocycles. The van der Waals surface area contributed by atoms with Crippen LogP contribution in [0.15, 0.2) is 60.7 Å². The first-order chi connectivity index (χ1) is 17.5. The number of rotatable bonds is 7. The molecule has 0 bridgehead atoms. The van der Waals surface area contributed by atoms with Crippen molar-refractivity contribution in [3.8, 4) is 16.9 Å². The molecule has 0 aromatic heterocycles. The number of carbonyl (C=O) groups excluding carboxylic acids is 2. The third-order valence-corrected chi connectivity index (χ3v) is 6.81. The van der Waals surface area contributed by atoms with E-state index in [-0.39, 0.29) is 39.9 Å². The number of carbonyl (C=O) groups is 2. The average molecular weight is 563 g/mol. The Balaban J connectivity index is 1.46. The van der Waals surface area contributed by atoms with Gasteiger partial charge in [-0.1, -0.05) is 83.3 Å². The van der Waals surface area contributed by atoms with Gasteiger partial charge < -0.3 is 19.5 Å². The third kappa shape index (κ3) is 6.57. The fourth-order valence-electron chi connectivity index (χ4n) is 4.05. The maximum atomic E-state index is 13.0. The monoisotopic (exact) mass is 561 g/mol. The van der Waals surface area contributed by atoms with Crippen LogP contribution in [0.2, 0.25) is 15.1 Å². The maximum absolute atomic E-state index is 13.0. The number of alkyl carbamates (subject to hydrolysis) is 1. The number of nitrogens with one attached hydrogen (secondary N) is 1. The van der Waals surface area contributed by atoms with E-state index < -0.39 is 23.7 Å². The van der Waals surface area contributed by atoms with E-state index in [1.165, 1.54) is 12.1 Å². The summed E-state index contributed by atoms with van der Waals surface area (Å²) in [5.41, 5.74) is 3.83. The number of hydrogen-bond donors (Lipinski definition) is 1. The summed E-state index contributed by atoms with van der Waals surface area (Å²) in [5, 5.41) is 3.05. The van der Waals surface area contributed by atoms with Crippen molar-refractivity contribution < 1.29 is 23.8 Å². The zero-order valence-electron chi connectivity index (χ0n) is 20.5. The Hall–Kier alpha value is -2.77. The smallest absolute Gasteiger partial charge is 0.407 e. The van der Waals surface area contributed by atoms with Gasteiger partial charge in [-0.2, -0.15) is 0 Å². The maximum Gasteiger partial charge on any atom is 0.407 e. The van der Waals surface area contributed by atoms with Gasteiger partial charge in [0.1, 0.15) is 6.61 Å². The van der Waals surface area contributed by atoms with Crippen molar-refractivity contribution in [3.05, 3.63) is 86.9 Å². The van der Waals surface area contributed by atoms with Gasteiger partial charge in [0.25, 0.3) is 0 Å². The van der Waals surface area contributed by atoms with Gasteiger partial charge in [-0.15, -0.1) is 0 Å². The average Bonchev–Trinajstić information content (AvgIpc) is 3.17. The molecule has 3 aromatic rings. The Morgan fingerprint density at radius 1 is 0.892 bits per heavy atom. The van der Waals surface area contributed by atoms with Crippen molar-refractivity contribution >= 4 is 46.9 Å². The summed E-state index contributed by atoms with van der Waals surface area (Å²) in [6, 6.07) is 17.6. The second-order valence-electron chi connectivity index (χ2n) is 9.56. The molecule has 1 atom stereocenters.